The monoisotopic (exact) mass is 280 g/mol. The first kappa shape index (κ1) is 13.8. The molecule has 1 unspecified atom stereocenters. The molecule has 0 amide bonds. The average Bonchev–Trinajstić information content (AvgIpc) is 3.06. The Hall–Kier alpha value is -2.20. The zero-order valence-corrected chi connectivity index (χ0v) is 12.2. The molecule has 2 N–H and O–H groups in total. The lowest BCUT2D eigenvalue weighted by atomic mass is 9.97. The summed E-state index contributed by atoms with van der Waals surface area (Å²) < 4.78 is 0. The molecule has 0 bridgehead atoms. The number of fused-ring (bicyclic) bond motifs is 1. The minimum absolute atomic E-state index is 0.189. The van der Waals surface area contributed by atoms with Gasteiger partial charge in [0, 0.05) is 0 Å². The third-order valence-corrected chi connectivity index (χ3v) is 3.74. The molecule has 0 aliphatic rings. The van der Waals surface area contributed by atoms with Crippen LogP contribution in [0.5, 0.6) is 0 Å². The molecule has 4 nitrogen and oxygen atoms in total. The molecular formula is C17H20N4. The fourth-order valence-electron chi connectivity index (χ4n) is 2.67. The summed E-state index contributed by atoms with van der Waals surface area (Å²) in [4.78, 5) is 0. The molecule has 0 spiro atoms. The van der Waals surface area contributed by atoms with E-state index in [-0.39, 0.29) is 6.04 Å². The summed E-state index contributed by atoms with van der Waals surface area (Å²) in [5, 5.41) is 17.1. The molecule has 0 radical (unpaired) electrons. The summed E-state index contributed by atoms with van der Waals surface area (Å²) in [5.74, 6) is 0. The molecule has 0 aliphatic heterocycles. The lowest BCUT2D eigenvalue weighted by Gasteiger charge is -2.17. The van der Waals surface area contributed by atoms with E-state index in [4.69, 9.17) is 0 Å². The van der Waals surface area contributed by atoms with Gasteiger partial charge >= 0.3 is 0 Å². The Morgan fingerprint density at radius 1 is 1.14 bits per heavy atom. The zero-order valence-electron chi connectivity index (χ0n) is 12.2. The van der Waals surface area contributed by atoms with Gasteiger partial charge in [0.1, 0.15) is 0 Å². The van der Waals surface area contributed by atoms with Gasteiger partial charge in [-0.1, -0.05) is 49.4 Å². The normalized spacial score (nSPS) is 12.6. The third kappa shape index (κ3) is 3.11. The highest BCUT2D eigenvalue weighted by molar-refractivity contribution is 5.85. The van der Waals surface area contributed by atoms with Crippen LogP contribution < -0.4 is 5.32 Å². The van der Waals surface area contributed by atoms with Crippen molar-refractivity contribution >= 4 is 10.8 Å². The van der Waals surface area contributed by atoms with Crippen molar-refractivity contribution in [2.75, 3.05) is 6.54 Å². The molecule has 3 rings (SSSR count). The van der Waals surface area contributed by atoms with Gasteiger partial charge in [0.05, 0.1) is 17.9 Å². The Labute approximate surface area is 124 Å². The molecule has 1 aromatic heterocycles. The van der Waals surface area contributed by atoms with Crippen LogP contribution in [-0.2, 0) is 6.42 Å². The van der Waals surface area contributed by atoms with Crippen molar-refractivity contribution in [3.63, 3.8) is 0 Å². The van der Waals surface area contributed by atoms with E-state index in [1.54, 1.807) is 6.20 Å². The standard InChI is InChI=1S/C17H20N4/c1-2-10-18-16(17-12-19-21-20-17)11-14-8-5-7-13-6-3-4-9-15(13)14/h3-9,12,16,18H,2,10-11H2,1H3,(H,19,20,21). The lowest BCUT2D eigenvalue weighted by molar-refractivity contribution is 0.518. The van der Waals surface area contributed by atoms with E-state index >= 15 is 0 Å². The smallest absolute Gasteiger partial charge is 0.0997 e. The van der Waals surface area contributed by atoms with E-state index in [0.29, 0.717) is 0 Å². The van der Waals surface area contributed by atoms with Gasteiger partial charge in [-0.05, 0) is 35.7 Å². The summed E-state index contributed by atoms with van der Waals surface area (Å²) >= 11 is 0. The average molecular weight is 280 g/mol. The van der Waals surface area contributed by atoms with Gasteiger partial charge in [-0.15, -0.1) is 0 Å². The number of nitrogens with one attached hydrogen (secondary N) is 2. The topological polar surface area (TPSA) is 53.6 Å². The molecule has 0 fully saturated rings. The quantitative estimate of drug-likeness (QED) is 0.729. The summed E-state index contributed by atoms with van der Waals surface area (Å²) in [7, 11) is 0. The Bertz CT molecular complexity index is 686. The Balaban J connectivity index is 1.90. The van der Waals surface area contributed by atoms with Crippen LogP contribution in [0.4, 0.5) is 0 Å². The second-order valence-corrected chi connectivity index (χ2v) is 5.24. The van der Waals surface area contributed by atoms with E-state index < -0.39 is 0 Å². The molecule has 3 aromatic rings. The minimum atomic E-state index is 0.189. The highest BCUT2D eigenvalue weighted by Gasteiger charge is 2.15. The molecule has 4 heteroatoms. The van der Waals surface area contributed by atoms with Crippen LogP contribution in [0.15, 0.2) is 48.7 Å². The predicted octanol–water partition coefficient (Wildman–Crippen LogP) is 3.24. The number of rotatable bonds is 6. The maximum absolute atomic E-state index is 4.25. The minimum Gasteiger partial charge on any atom is -0.308 e. The van der Waals surface area contributed by atoms with Gasteiger partial charge in [0.15, 0.2) is 0 Å². The number of benzene rings is 2. The van der Waals surface area contributed by atoms with Crippen molar-refractivity contribution in [2.45, 2.75) is 25.8 Å². The number of nitrogens with zero attached hydrogens (tertiary/aromatic N) is 2. The lowest BCUT2D eigenvalue weighted by Crippen LogP contribution is -2.24. The number of H-pyrrole nitrogens is 1. The molecule has 1 heterocycles. The molecule has 0 saturated heterocycles. The molecule has 108 valence electrons. The Morgan fingerprint density at radius 3 is 2.81 bits per heavy atom. The van der Waals surface area contributed by atoms with E-state index in [0.717, 1.165) is 25.1 Å². The van der Waals surface area contributed by atoms with Crippen LogP contribution in [0.3, 0.4) is 0 Å². The molecular weight excluding hydrogens is 260 g/mol. The molecule has 21 heavy (non-hydrogen) atoms. The van der Waals surface area contributed by atoms with Crippen LogP contribution in [0.1, 0.15) is 30.6 Å². The SMILES string of the molecule is CCCNC(Cc1cccc2ccccc12)c1cn[nH]n1. The third-order valence-electron chi connectivity index (χ3n) is 3.74. The maximum Gasteiger partial charge on any atom is 0.0997 e. The number of hydrogen-bond acceptors (Lipinski definition) is 3. The van der Waals surface area contributed by atoms with Crippen molar-refractivity contribution in [2.24, 2.45) is 0 Å². The molecule has 0 aliphatic carbocycles. The number of aromatic nitrogens is 3. The van der Waals surface area contributed by atoms with Gasteiger partial charge in [0.25, 0.3) is 0 Å². The number of hydrogen-bond donors (Lipinski definition) is 2. The predicted molar refractivity (Wildman–Crippen MR) is 85.1 cm³/mol. The van der Waals surface area contributed by atoms with Crippen molar-refractivity contribution in [1.82, 2.24) is 20.7 Å². The Morgan fingerprint density at radius 2 is 2.00 bits per heavy atom. The van der Waals surface area contributed by atoms with Crippen LogP contribution in [0, 0.1) is 0 Å². The van der Waals surface area contributed by atoms with Gasteiger partial charge in [-0.25, -0.2) is 0 Å². The van der Waals surface area contributed by atoms with Crippen LogP contribution in [0.25, 0.3) is 10.8 Å². The van der Waals surface area contributed by atoms with Crippen LogP contribution in [-0.4, -0.2) is 22.0 Å². The largest absolute Gasteiger partial charge is 0.308 e. The highest BCUT2D eigenvalue weighted by atomic mass is 15.3. The first-order chi connectivity index (χ1) is 10.4. The number of aromatic amines is 1. The van der Waals surface area contributed by atoms with Gasteiger partial charge < -0.3 is 5.32 Å². The molecule has 0 saturated carbocycles. The molecule has 2 aromatic carbocycles. The van der Waals surface area contributed by atoms with E-state index in [1.807, 2.05) is 0 Å². The summed E-state index contributed by atoms with van der Waals surface area (Å²) in [6.45, 7) is 3.15. The van der Waals surface area contributed by atoms with Crippen molar-refractivity contribution in [3.8, 4) is 0 Å². The first-order valence-corrected chi connectivity index (χ1v) is 7.44. The summed E-state index contributed by atoms with van der Waals surface area (Å²) in [5.41, 5.74) is 2.31. The summed E-state index contributed by atoms with van der Waals surface area (Å²) in [6.07, 6.45) is 3.82. The fraction of sp³-hybridized carbons (Fsp3) is 0.294. The molecule has 1 atom stereocenters. The van der Waals surface area contributed by atoms with Crippen molar-refractivity contribution in [3.05, 3.63) is 59.9 Å². The maximum atomic E-state index is 4.25. The van der Waals surface area contributed by atoms with Crippen LogP contribution in [0.2, 0.25) is 0 Å². The summed E-state index contributed by atoms with van der Waals surface area (Å²) in [6, 6.07) is 15.2. The zero-order chi connectivity index (χ0) is 14.5. The second kappa shape index (κ2) is 6.50. The fourth-order valence-corrected chi connectivity index (χ4v) is 2.67. The van der Waals surface area contributed by atoms with Gasteiger partial charge in [-0.2, -0.15) is 15.4 Å². The van der Waals surface area contributed by atoms with E-state index in [2.05, 4.69) is 70.1 Å². The highest BCUT2D eigenvalue weighted by Crippen LogP contribution is 2.23. The Kier molecular flexibility index (Phi) is 4.26. The van der Waals surface area contributed by atoms with Gasteiger partial charge in [0.2, 0.25) is 0 Å². The van der Waals surface area contributed by atoms with Crippen molar-refractivity contribution in [1.29, 1.82) is 0 Å². The van der Waals surface area contributed by atoms with E-state index in [9.17, 15) is 0 Å². The van der Waals surface area contributed by atoms with Crippen LogP contribution >= 0.6 is 0 Å². The first-order valence-electron chi connectivity index (χ1n) is 7.44. The van der Waals surface area contributed by atoms with Gasteiger partial charge in [-0.3, -0.25) is 0 Å². The van der Waals surface area contributed by atoms with E-state index in [1.165, 1.54) is 16.3 Å². The second-order valence-electron chi connectivity index (χ2n) is 5.24. The van der Waals surface area contributed by atoms with Crippen molar-refractivity contribution < 1.29 is 0 Å².